The van der Waals surface area contributed by atoms with Gasteiger partial charge in [-0.3, -0.25) is 9.36 Å². The molecule has 0 fully saturated rings. The Morgan fingerprint density at radius 3 is 2.33 bits per heavy atom. The Hall–Kier alpha value is -0.960. The number of carbonyl (C=O) groups is 1. The first kappa shape index (κ1) is 21.1. The number of halogens is 1. The van der Waals surface area contributed by atoms with Gasteiger partial charge in [0.1, 0.15) is 0 Å². The molecule has 0 aliphatic rings. The highest BCUT2D eigenvalue weighted by molar-refractivity contribution is 9.10. The van der Waals surface area contributed by atoms with Gasteiger partial charge in [-0.25, -0.2) is 0 Å². The number of benzene rings is 1. The molecule has 0 N–H and O–H groups in total. The monoisotopic (exact) mass is 414 g/mol. The smallest absolute Gasteiger partial charge is 0.303 e. The van der Waals surface area contributed by atoms with Crippen LogP contribution in [0.2, 0.25) is 0 Å². The Balaban J connectivity index is 3.44. The molecular weight excluding hydrogens is 391 g/mol. The van der Waals surface area contributed by atoms with E-state index in [2.05, 4.69) is 21.7 Å². The molecule has 132 valence electrons. The Labute approximate surface area is 152 Å². The van der Waals surface area contributed by atoms with Crippen LogP contribution in [-0.2, 0) is 18.4 Å². The number of hydrogen-bond donors (Lipinski definition) is 0. The van der Waals surface area contributed by atoms with Gasteiger partial charge in [0.15, 0.2) is 0 Å². The first-order valence-electron chi connectivity index (χ1n) is 7.84. The third-order valence-corrected chi connectivity index (χ3v) is 6.15. The Morgan fingerprint density at radius 1 is 1.29 bits per heavy atom. The lowest BCUT2D eigenvalue weighted by molar-refractivity contribution is -0.119. The van der Waals surface area contributed by atoms with Crippen LogP contribution in [0.25, 0.3) is 5.57 Å². The maximum atomic E-state index is 13.0. The van der Waals surface area contributed by atoms with Crippen molar-refractivity contribution in [2.75, 3.05) is 13.2 Å². The zero-order valence-corrected chi connectivity index (χ0v) is 17.2. The van der Waals surface area contributed by atoms with Gasteiger partial charge in [-0.15, -0.1) is 5.73 Å². The molecule has 0 unspecified atom stereocenters. The van der Waals surface area contributed by atoms with Crippen LogP contribution in [0.5, 0.6) is 0 Å². The van der Waals surface area contributed by atoms with Crippen molar-refractivity contribution in [1.82, 2.24) is 0 Å². The van der Waals surface area contributed by atoms with Gasteiger partial charge >= 0.3 is 7.60 Å². The van der Waals surface area contributed by atoms with Crippen LogP contribution in [0.15, 0.2) is 40.5 Å². The lowest BCUT2D eigenvalue weighted by atomic mass is 9.82. The summed E-state index contributed by atoms with van der Waals surface area (Å²) in [6, 6.07) is 7.56. The molecule has 0 heterocycles. The van der Waals surface area contributed by atoms with Crippen molar-refractivity contribution < 1.29 is 18.4 Å². The van der Waals surface area contributed by atoms with Gasteiger partial charge in [0.05, 0.1) is 18.6 Å². The van der Waals surface area contributed by atoms with Crippen molar-refractivity contribution in [1.29, 1.82) is 0 Å². The topological polar surface area (TPSA) is 52.6 Å². The van der Waals surface area contributed by atoms with Crippen LogP contribution in [0.1, 0.15) is 40.2 Å². The molecule has 6 heteroatoms. The van der Waals surface area contributed by atoms with E-state index in [1.165, 1.54) is 0 Å². The number of hydrogen-bond acceptors (Lipinski definition) is 4. The Kier molecular flexibility index (Phi) is 7.85. The second kappa shape index (κ2) is 8.94. The molecule has 1 aromatic rings. The van der Waals surface area contributed by atoms with Gasteiger partial charge in [0, 0.05) is 10.0 Å². The summed E-state index contributed by atoms with van der Waals surface area (Å²) in [6.45, 7) is 8.89. The maximum Gasteiger partial charge on any atom is 0.397 e. The quantitative estimate of drug-likeness (QED) is 0.396. The Bertz CT molecular complexity index is 693. The minimum atomic E-state index is -3.87. The summed E-state index contributed by atoms with van der Waals surface area (Å²) in [6.07, 6.45) is 1.73. The van der Waals surface area contributed by atoms with Crippen LogP contribution < -0.4 is 0 Å². The van der Waals surface area contributed by atoms with Crippen molar-refractivity contribution in [3.8, 4) is 0 Å². The van der Waals surface area contributed by atoms with E-state index in [1.807, 2.05) is 31.2 Å². The summed E-state index contributed by atoms with van der Waals surface area (Å²) in [7, 11) is -3.87. The molecule has 24 heavy (non-hydrogen) atoms. The summed E-state index contributed by atoms with van der Waals surface area (Å²) >= 11 is 3.43. The van der Waals surface area contributed by atoms with Crippen molar-refractivity contribution in [2.24, 2.45) is 5.41 Å². The molecule has 0 aliphatic heterocycles. The van der Waals surface area contributed by atoms with Crippen LogP contribution >= 0.6 is 23.5 Å². The summed E-state index contributed by atoms with van der Waals surface area (Å²) in [5, 5.41) is 0. The van der Waals surface area contributed by atoms with E-state index in [0.29, 0.717) is 5.57 Å². The van der Waals surface area contributed by atoms with Crippen molar-refractivity contribution in [3.63, 3.8) is 0 Å². The van der Waals surface area contributed by atoms with E-state index in [1.54, 1.807) is 33.8 Å². The number of carbonyl (C=O) groups excluding carboxylic acids is 1. The van der Waals surface area contributed by atoms with E-state index in [4.69, 9.17) is 9.05 Å². The van der Waals surface area contributed by atoms with Gasteiger partial charge in [0.25, 0.3) is 5.52 Å². The van der Waals surface area contributed by atoms with Gasteiger partial charge in [-0.05, 0) is 58.4 Å². The van der Waals surface area contributed by atoms with Gasteiger partial charge < -0.3 is 9.05 Å². The molecule has 0 aromatic heterocycles. The largest absolute Gasteiger partial charge is 0.397 e. The predicted molar refractivity (Wildman–Crippen MR) is 101 cm³/mol. The van der Waals surface area contributed by atoms with Gasteiger partial charge in [-0.1, -0.05) is 28.1 Å². The SMILES string of the molecule is CC=C=C(c1cccc(Br)c1)C(C)(C)C(=O)P(=O)(OCC)OCC. The molecule has 0 atom stereocenters. The molecule has 0 radical (unpaired) electrons. The first-order valence-corrected chi connectivity index (χ1v) is 10.2. The first-order chi connectivity index (χ1) is 11.2. The predicted octanol–water partition coefficient (Wildman–Crippen LogP) is 5.83. The summed E-state index contributed by atoms with van der Waals surface area (Å²) in [5.41, 5.74) is 2.92. The van der Waals surface area contributed by atoms with Gasteiger partial charge in [0.2, 0.25) is 0 Å². The molecule has 0 amide bonds. The minimum absolute atomic E-state index is 0.138. The van der Waals surface area contributed by atoms with Crippen molar-refractivity contribution in [2.45, 2.75) is 34.6 Å². The fourth-order valence-corrected chi connectivity index (χ4v) is 4.54. The zero-order valence-electron chi connectivity index (χ0n) is 14.8. The van der Waals surface area contributed by atoms with E-state index in [-0.39, 0.29) is 13.2 Å². The highest BCUT2D eigenvalue weighted by Crippen LogP contribution is 2.56. The van der Waals surface area contributed by atoms with Crippen molar-refractivity contribution >= 4 is 34.6 Å². The molecule has 1 rings (SSSR count). The third-order valence-electron chi connectivity index (χ3n) is 3.41. The fraction of sp³-hybridized carbons (Fsp3) is 0.444. The third kappa shape index (κ3) is 4.78. The molecule has 0 bridgehead atoms. The van der Waals surface area contributed by atoms with Crippen LogP contribution in [0.4, 0.5) is 0 Å². The standard InChI is InChI=1S/C18H24BrO4P/c1-6-10-16(14-11-9-12-15(19)13-14)18(4,5)17(20)24(21,22-7-2)23-8-3/h6,9,11-13H,7-8H2,1-5H3. The van der Waals surface area contributed by atoms with E-state index >= 15 is 0 Å². The lowest BCUT2D eigenvalue weighted by Crippen LogP contribution is -2.27. The lowest BCUT2D eigenvalue weighted by Gasteiger charge is -2.29. The second-order valence-electron chi connectivity index (χ2n) is 5.58. The van der Waals surface area contributed by atoms with Crippen LogP contribution in [0, 0.1) is 5.41 Å². The number of allylic oxidation sites excluding steroid dienone is 1. The van der Waals surface area contributed by atoms with Crippen molar-refractivity contribution in [3.05, 3.63) is 46.1 Å². The fourth-order valence-electron chi connectivity index (χ4n) is 2.36. The van der Waals surface area contributed by atoms with Crippen LogP contribution in [-0.4, -0.2) is 18.7 Å². The second-order valence-corrected chi connectivity index (χ2v) is 8.41. The summed E-state index contributed by atoms with van der Waals surface area (Å²) in [4.78, 5) is 13.0. The highest BCUT2D eigenvalue weighted by atomic mass is 79.9. The molecule has 0 saturated carbocycles. The molecule has 0 aliphatic carbocycles. The molecular formula is C18H24BrO4P. The normalized spacial score (nSPS) is 11.8. The van der Waals surface area contributed by atoms with E-state index in [9.17, 15) is 9.36 Å². The van der Waals surface area contributed by atoms with Crippen LogP contribution in [0.3, 0.4) is 0 Å². The molecule has 1 aromatic carbocycles. The average molecular weight is 415 g/mol. The number of rotatable bonds is 8. The highest BCUT2D eigenvalue weighted by Gasteiger charge is 2.46. The average Bonchev–Trinajstić information content (AvgIpc) is 2.52. The van der Waals surface area contributed by atoms with E-state index < -0.39 is 18.5 Å². The zero-order chi connectivity index (χ0) is 18.4. The summed E-state index contributed by atoms with van der Waals surface area (Å²) in [5.74, 6) is 0. The maximum absolute atomic E-state index is 13.0. The Morgan fingerprint density at radius 2 is 1.88 bits per heavy atom. The summed E-state index contributed by atoms with van der Waals surface area (Å²) < 4.78 is 24.3. The van der Waals surface area contributed by atoms with Gasteiger partial charge in [-0.2, -0.15) is 0 Å². The molecule has 4 nitrogen and oxygen atoms in total. The molecule has 0 saturated heterocycles. The minimum Gasteiger partial charge on any atom is -0.303 e. The van der Waals surface area contributed by atoms with E-state index in [0.717, 1.165) is 10.0 Å². The molecule has 0 spiro atoms.